The van der Waals surface area contributed by atoms with Gasteiger partial charge in [-0.25, -0.2) is 8.42 Å². The standard InChI is InChI=1S/C16H20N4O3S/c1-12-4-3-5-15(8-12)24(22,23)19-10-13-6-7-18-20(13)14(11-19)9-16(21)17-2/h3-8,14H,9-11H2,1-2H3,(H,17,21)/t14-/m1/s1. The average Bonchev–Trinajstić information content (AvgIpc) is 3.03. The lowest BCUT2D eigenvalue weighted by atomic mass is 10.1. The molecule has 3 rings (SSSR count). The van der Waals surface area contributed by atoms with E-state index in [1.54, 1.807) is 42.2 Å². The molecule has 7 nitrogen and oxygen atoms in total. The fraction of sp³-hybridized carbons (Fsp3) is 0.375. The zero-order chi connectivity index (χ0) is 17.3. The summed E-state index contributed by atoms with van der Waals surface area (Å²) in [5.74, 6) is -0.142. The van der Waals surface area contributed by atoms with Crippen molar-refractivity contribution in [2.45, 2.75) is 30.8 Å². The van der Waals surface area contributed by atoms with E-state index in [1.165, 1.54) is 4.31 Å². The van der Waals surface area contributed by atoms with Gasteiger partial charge < -0.3 is 5.32 Å². The predicted molar refractivity (Wildman–Crippen MR) is 88.7 cm³/mol. The van der Waals surface area contributed by atoms with Crippen LogP contribution in [0.1, 0.15) is 23.7 Å². The lowest BCUT2D eigenvalue weighted by Gasteiger charge is -2.32. The van der Waals surface area contributed by atoms with Crippen LogP contribution in [0.2, 0.25) is 0 Å². The predicted octanol–water partition coefficient (Wildman–Crippen LogP) is 1.07. The number of amides is 1. The summed E-state index contributed by atoms with van der Waals surface area (Å²) in [5.41, 5.74) is 1.67. The Morgan fingerprint density at radius 2 is 2.17 bits per heavy atom. The van der Waals surface area contributed by atoms with Crippen LogP contribution in [0.15, 0.2) is 41.4 Å². The number of hydrogen-bond donors (Lipinski definition) is 1. The van der Waals surface area contributed by atoms with Crippen LogP contribution in [0.3, 0.4) is 0 Å². The van der Waals surface area contributed by atoms with Gasteiger partial charge in [-0.15, -0.1) is 0 Å². The van der Waals surface area contributed by atoms with Gasteiger partial charge in [-0.3, -0.25) is 9.48 Å². The summed E-state index contributed by atoms with van der Waals surface area (Å²) in [4.78, 5) is 12.0. The molecule has 1 N–H and O–H groups in total. The summed E-state index contributed by atoms with van der Waals surface area (Å²) in [6.07, 6.45) is 1.82. The van der Waals surface area contributed by atoms with Crippen molar-refractivity contribution in [3.05, 3.63) is 47.8 Å². The van der Waals surface area contributed by atoms with Gasteiger partial charge in [0.05, 0.1) is 29.6 Å². The third-order valence-corrected chi connectivity index (χ3v) is 5.99. The van der Waals surface area contributed by atoms with Gasteiger partial charge in [0.2, 0.25) is 15.9 Å². The van der Waals surface area contributed by atoms with Crippen LogP contribution in [0, 0.1) is 6.92 Å². The van der Waals surface area contributed by atoms with Gasteiger partial charge in [0.25, 0.3) is 0 Å². The molecule has 24 heavy (non-hydrogen) atoms. The van der Waals surface area contributed by atoms with E-state index < -0.39 is 10.0 Å². The third-order valence-electron chi connectivity index (χ3n) is 4.18. The SMILES string of the molecule is CNC(=O)C[C@@H]1CN(S(=O)(=O)c2cccc(C)c2)Cc2ccnn21. The van der Waals surface area contributed by atoms with Crippen LogP contribution in [0.4, 0.5) is 0 Å². The monoisotopic (exact) mass is 348 g/mol. The average molecular weight is 348 g/mol. The minimum atomic E-state index is -3.62. The van der Waals surface area contributed by atoms with Crippen LogP contribution in [0.25, 0.3) is 0 Å². The molecule has 2 aromatic rings. The molecular formula is C16H20N4O3S. The van der Waals surface area contributed by atoms with E-state index in [0.29, 0.717) is 0 Å². The zero-order valence-electron chi connectivity index (χ0n) is 13.6. The fourth-order valence-corrected chi connectivity index (χ4v) is 4.48. The molecule has 1 aliphatic rings. The first-order valence-electron chi connectivity index (χ1n) is 7.71. The Labute approximate surface area is 141 Å². The molecule has 1 aromatic carbocycles. The number of aromatic nitrogens is 2. The summed E-state index contributed by atoms with van der Waals surface area (Å²) < 4.78 is 29.1. The van der Waals surface area contributed by atoms with Gasteiger partial charge in [0, 0.05) is 19.8 Å². The van der Waals surface area contributed by atoms with Gasteiger partial charge >= 0.3 is 0 Å². The molecule has 1 atom stereocenters. The van der Waals surface area contributed by atoms with E-state index in [0.717, 1.165) is 11.3 Å². The van der Waals surface area contributed by atoms with E-state index >= 15 is 0 Å². The van der Waals surface area contributed by atoms with Crippen LogP contribution < -0.4 is 5.32 Å². The number of hydrogen-bond acceptors (Lipinski definition) is 4. The van der Waals surface area contributed by atoms with E-state index in [9.17, 15) is 13.2 Å². The molecule has 0 bridgehead atoms. The van der Waals surface area contributed by atoms with E-state index in [4.69, 9.17) is 0 Å². The smallest absolute Gasteiger partial charge is 0.243 e. The Hall–Kier alpha value is -2.19. The highest BCUT2D eigenvalue weighted by Crippen LogP contribution is 2.28. The van der Waals surface area contributed by atoms with Crippen LogP contribution in [-0.4, -0.2) is 42.0 Å². The number of nitrogens with one attached hydrogen (secondary N) is 1. The summed E-state index contributed by atoms with van der Waals surface area (Å²) in [5, 5.41) is 6.82. The second-order valence-electron chi connectivity index (χ2n) is 5.91. The van der Waals surface area contributed by atoms with Gasteiger partial charge in [-0.1, -0.05) is 12.1 Å². The second-order valence-corrected chi connectivity index (χ2v) is 7.85. The van der Waals surface area contributed by atoms with E-state index in [1.807, 2.05) is 13.0 Å². The molecule has 8 heteroatoms. The summed E-state index contributed by atoms with van der Waals surface area (Å²) in [6.45, 7) is 2.33. The highest BCUT2D eigenvalue weighted by molar-refractivity contribution is 7.89. The number of nitrogens with zero attached hydrogens (tertiary/aromatic N) is 3. The largest absolute Gasteiger partial charge is 0.359 e. The van der Waals surface area contributed by atoms with Crippen molar-refractivity contribution >= 4 is 15.9 Å². The Morgan fingerprint density at radius 1 is 1.38 bits per heavy atom. The Kier molecular flexibility index (Phi) is 4.42. The molecule has 0 fully saturated rings. The maximum Gasteiger partial charge on any atom is 0.243 e. The molecule has 0 spiro atoms. The van der Waals surface area contributed by atoms with Crippen molar-refractivity contribution in [1.82, 2.24) is 19.4 Å². The van der Waals surface area contributed by atoms with Crippen molar-refractivity contribution in [2.75, 3.05) is 13.6 Å². The highest BCUT2D eigenvalue weighted by atomic mass is 32.2. The van der Waals surface area contributed by atoms with Crippen LogP contribution in [-0.2, 0) is 21.4 Å². The first kappa shape index (κ1) is 16.7. The highest BCUT2D eigenvalue weighted by Gasteiger charge is 2.34. The van der Waals surface area contributed by atoms with Crippen LogP contribution >= 0.6 is 0 Å². The molecule has 0 radical (unpaired) electrons. The maximum atomic E-state index is 13.0. The topological polar surface area (TPSA) is 84.3 Å². The number of carbonyl (C=O) groups is 1. The number of sulfonamides is 1. The summed E-state index contributed by atoms with van der Waals surface area (Å²) >= 11 is 0. The zero-order valence-corrected chi connectivity index (χ0v) is 14.5. The first-order valence-corrected chi connectivity index (χ1v) is 9.15. The van der Waals surface area contributed by atoms with Crippen molar-refractivity contribution in [2.24, 2.45) is 0 Å². The third kappa shape index (κ3) is 3.07. The van der Waals surface area contributed by atoms with Crippen LogP contribution in [0.5, 0.6) is 0 Å². The van der Waals surface area contributed by atoms with Gasteiger partial charge in [0.1, 0.15) is 0 Å². The normalized spacial score (nSPS) is 18.2. The van der Waals surface area contributed by atoms with Crippen molar-refractivity contribution in [1.29, 1.82) is 0 Å². The van der Waals surface area contributed by atoms with E-state index in [-0.39, 0.29) is 36.4 Å². The van der Waals surface area contributed by atoms with Gasteiger partial charge in [0.15, 0.2) is 0 Å². The maximum absolute atomic E-state index is 13.0. The Bertz CT molecular complexity index is 860. The Morgan fingerprint density at radius 3 is 2.88 bits per heavy atom. The van der Waals surface area contributed by atoms with Gasteiger partial charge in [-0.2, -0.15) is 9.40 Å². The number of fused-ring (bicyclic) bond motifs is 1. The minimum Gasteiger partial charge on any atom is -0.359 e. The summed E-state index contributed by atoms with van der Waals surface area (Å²) in [7, 11) is -2.05. The molecule has 0 aliphatic carbocycles. The molecule has 1 aromatic heterocycles. The van der Waals surface area contributed by atoms with Crippen molar-refractivity contribution < 1.29 is 13.2 Å². The lowest BCUT2D eigenvalue weighted by molar-refractivity contribution is -0.121. The van der Waals surface area contributed by atoms with Crippen molar-refractivity contribution in [3.63, 3.8) is 0 Å². The molecule has 0 unspecified atom stereocenters. The Balaban J connectivity index is 1.94. The lowest BCUT2D eigenvalue weighted by Crippen LogP contribution is -2.42. The number of benzene rings is 1. The van der Waals surface area contributed by atoms with Gasteiger partial charge in [-0.05, 0) is 30.7 Å². The second kappa shape index (κ2) is 6.37. The molecule has 0 saturated carbocycles. The number of rotatable bonds is 4. The molecule has 0 saturated heterocycles. The fourth-order valence-electron chi connectivity index (χ4n) is 2.93. The molecule has 128 valence electrons. The van der Waals surface area contributed by atoms with Crippen molar-refractivity contribution in [3.8, 4) is 0 Å². The first-order chi connectivity index (χ1) is 11.4. The molecule has 2 heterocycles. The molecular weight excluding hydrogens is 328 g/mol. The summed E-state index contributed by atoms with van der Waals surface area (Å²) in [6, 6.07) is 8.33. The minimum absolute atomic E-state index is 0.142. The molecule has 1 amide bonds. The quantitative estimate of drug-likeness (QED) is 0.896. The van der Waals surface area contributed by atoms with E-state index in [2.05, 4.69) is 10.4 Å². The number of carbonyl (C=O) groups excluding carboxylic acids is 1. The number of aryl methyl sites for hydroxylation is 1. The molecule has 1 aliphatic heterocycles.